The highest BCUT2D eigenvalue weighted by molar-refractivity contribution is 9.10. The van der Waals surface area contributed by atoms with Crippen LogP contribution < -0.4 is 5.32 Å². The SMILES string of the molecule is Clc1ccc(CNc2ncc(Br)cc2Cl)cc1. The molecule has 0 amide bonds. The van der Waals surface area contributed by atoms with Gasteiger partial charge in [-0.1, -0.05) is 35.3 Å². The molecule has 0 aliphatic rings. The van der Waals surface area contributed by atoms with Crippen LogP contribution in [0.4, 0.5) is 5.82 Å². The highest BCUT2D eigenvalue weighted by Gasteiger charge is 2.02. The lowest BCUT2D eigenvalue weighted by molar-refractivity contribution is 1.11. The monoisotopic (exact) mass is 330 g/mol. The molecule has 0 radical (unpaired) electrons. The molecule has 1 N–H and O–H groups in total. The Bertz CT molecular complexity index is 514. The van der Waals surface area contributed by atoms with Gasteiger partial charge < -0.3 is 5.32 Å². The third-order valence-electron chi connectivity index (χ3n) is 2.18. The lowest BCUT2D eigenvalue weighted by atomic mass is 10.2. The number of aromatic nitrogens is 1. The van der Waals surface area contributed by atoms with Gasteiger partial charge in [0.15, 0.2) is 0 Å². The minimum absolute atomic E-state index is 0.591. The number of anilines is 1. The molecule has 0 spiro atoms. The van der Waals surface area contributed by atoms with E-state index in [2.05, 4.69) is 26.2 Å². The van der Waals surface area contributed by atoms with E-state index in [1.165, 1.54) is 0 Å². The molecule has 2 nitrogen and oxygen atoms in total. The molecule has 0 aliphatic heterocycles. The van der Waals surface area contributed by atoms with E-state index in [0.717, 1.165) is 15.1 Å². The first kappa shape index (κ1) is 12.7. The van der Waals surface area contributed by atoms with Gasteiger partial charge in [0.05, 0.1) is 5.02 Å². The summed E-state index contributed by atoms with van der Waals surface area (Å²) in [5, 5.41) is 4.49. The molecule has 88 valence electrons. The summed E-state index contributed by atoms with van der Waals surface area (Å²) in [5.74, 6) is 0.671. The van der Waals surface area contributed by atoms with Crippen molar-refractivity contribution in [2.45, 2.75) is 6.54 Å². The second kappa shape index (κ2) is 5.71. The van der Waals surface area contributed by atoms with Crippen molar-refractivity contribution in [2.75, 3.05) is 5.32 Å². The molecule has 5 heteroatoms. The molecule has 0 aliphatic carbocycles. The van der Waals surface area contributed by atoms with Crippen LogP contribution in [0, 0.1) is 0 Å². The van der Waals surface area contributed by atoms with Crippen molar-refractivity contribution in [2.24, 2.45) is 0 Å². The molecule has 0 unspecified atom stereocenters. The van der Waals surface area contributed by atoms with Crippen LogP contribution in [0.3, 0.4) is 0 Å². The van der Waals surface area contributed by atoms with Crippen molar-refractivity contribution in [3.63, 3.8) is 0 Å². The molecular weight excluding hydrogens is 323 g/mol. The fourth-order valence-electron chi connectivity index (χ4n) is 1.33. The Kier molecular flexibility index (Phi) is 4.26. The summed E-state index contributed by atoms with van der Waals surface area (Å²) in [7, 11) is 0. The fourth-order valence-corrected chi connectivity index (χ4v) is 2.15. The summed E-state index contributed by atoms with van der Waals surface area (Å²) in [6.45, 7) is 0.658. The fraction of sp³-hybridized carbons (Fsp3) is 0.0833. The van der Waals surface area contributed by atoms with Crippen molar-refractivity contribution in [1.29, 1.82) is 0 Å². The van der Waals surface area contributed by atoms with Crippen molar-refractivity contribution in [3.05, 3.63) is 56.6 Å². The van der Waals surface area contributed by atoms with Crippen molar-refractivity contribution in [1.82, 2.24) is 4.98 Å². The minimum Gasteiger partial charge on any atom is -0.365 e. The van der Waals surface area contributed by atoms with Gasteiger partial charge in [0.2, 0.25) is 0 Å². The molecule has 1 aromatic carbocycles. The first-order valence-electron chi connectivity index (χ1n) is 4.94. The summed E-state index contributed by atoms with van der Waals surface area (Å²) in [5.41, 5.74) is 1.12. The molecule has 2 rings (SSSR count). The number of hydrogen-bond donors (Lipinski definition) is 1. The van der Waals surface area contributed by atoms with Crippen LogP contribution in [0.2, 0.25) is 10.0 Å². The highest BCUT2D eigenvalue weighted by Crippen LogP contribution is 2.23. The molecular formula is C12H9BrCl2N2. The molecule has 1 aromatic heterocycles. The van der Waals surface area contributed by atoms with E-state index in [1.807, 2.05) is 24.3 Å². The Labute approximate surface area is 118 Å². The van der Waals surface area contributed by atoms with E-state index in [9.17, 15) is 0 Å². The first-order valence-corrected chi connectivity index (χ1v) is 6.49. The number of pyridine rings is 1. The number of rotatable bonds is 3. The molecule has 0 bridgehead atoms. The Morgan fingerprint density at radius 1 is 1.18 bits per heavy atom. The number of halogens is 3. The van der Waals surface area contributed by atoms with Crippen LogP contribution in [0.5, 0.6) is 0 Å². The molecule has 0 saturated carbocycles. The lowest BCUT2D eigenvalue weighted by Gasteiger charge is -2.07. The van der Waals surface area contributed by atoms with Crippen LogP contribution in [-0.4, -0.2) is 4.98 Å². The largest absolute Gasteiger partial charge is 0.365 e. The van der Waals surface area contributed by atoms with Crippen LogP contribution >= 0.6 is 39.1 Å². The minimum atomic E-state index is 0.591. The predicted molar refractivity (Wildman–Crippen MR) is 75.7 cm³/mol. The standard InChI is InChI=1S/C12H9BrCl2N2/c13-9-5-11(15)12(17-7-9)16-6-8-1-3-10(14)4-2-8/h1-5,7H,6H2,(H,16,17). The van der Waals surface area contributed by atoms with Gasteiger partial charge in [0.25, 0.3) is 0 Å². The number of nitrogens with one attached hydrogen (secondary N) is 1. The van der Waals surface area contributed by atoms with Gasteiger partial charge in [-0.25, -0.2) is 4.98 Å². The maximum Gasteiger partial charge on any atom is 0.145 e. The summed E-state index contributed by atoms with van der Waals surface area (Å²) in [6, 6.07) is 9.44. The molecule has 0 atom stereocenters. The van der Waals surface area contributed by atoms with E-state index in [0.29, 0.717) is 17.4 Å². The molecule has 0 saturated heterocycles. The number of benzene rings is 1. The van der Waals surface area contributed by atoms with E-state index < -0.39 is 0 Å². The van der Waals surface area contributed by atoms with Crippen LogP contribution in [0.15, 0.2) is 41.0 Å². The smallest absolute Gasteiger partial charge is 0.145 e. The Morgan fingerprint density at radius 2 is 1.88 bits per heavy atom. The third kappa shape index (κ3) is 3.60. The molecule has 0 fully saturated rings. The highest BCUT2D eigenvalue weighted by atomic mass is 79.9. The summed E-state index contributed by atoms with van der Waals surface area (Å²) >= 11 is 15.2. The quantitative estimate of drug-likeness (QED) is 0.876. The zero-order valence-corrected chi connectivity index (χ0v) is 11.9. The van der Waals surface area contributed by atoms with E-state index in [-0.39, 0.29) is 0 Å². The van der Waals surface area contributed by atoms with E-state index in [1.54, 1.807) is 12.3 Å². The normalized spacial score (nSPS) is 10.3. The second-order valence-electron chi connectivity index (χ2n) is 3.46. The summed E-state index contributed by atoms with van der Waals surface area (Å²) in [6.07, 6.45) is 1.70. The Hall–Kier alpha value is -0.770. The van der Waals surface area contributed by atoms with Crippen molar-refractivity contribution < 1.29 is 0 Å². The van der Waals surface area contributed by atoms with Gasteiger partial charge >= 0.3 is 0 Å². The van der Waals surface area contributed by atoms with Crippen molar-refractivity contribution >= 4 is 44.9 Å². The molecule has 2 aromatic rings. The van der Waals surface area contributed by atoms with Crippen LogP contribution in [-0.2, 0) is 6.54 Å². The summed E-state index contributed by atoms with van der Waals surface area (Å²) < 4.78 is 0.861. The maximum atomic E-state index is 6.04. The van der Waals surface area contributed by atoms with Gasteiger partial charge in [-0.3, -0.25) is 0 Å². The third-order valence-corrected chi connectivity index (χ3v) is 3.15. The van der Waals surface area contributed by atoms with E-state index in [4.69, 9.17) is 23.2 Å². The molecule has 17 heavy (non-hydrogen) atoms. The lowest BCUT2D eigenvalue weighted by Crippen LogP contribution is -2.01. The van der Waals surface area contributed by atoms with Crippen LogP contribution in [0.1, 0.15) is 5.56 Å². The van der Waals surface area contributed by atoms with Gasteiger partial charge in [-0.2, -0.15) is 0 Å². The topological polar surface area (TPSA) is 24.9 Å². The Balaban J connectivity index is 2.04. The predicted octanol–water partition coefficient (Wildman–Crippen LogP) is 4.76. The average molecular weight is 332 g/mol. The van der Waals surface area contributed by atoms with Crippen molar-refractivity contribution in [3.8, 4) is 0 Å². The summed E-state index contributed by atoms with van der Waals surface area (Å²) in [4.78, 5) is 4.19. The molecule has 1 heterocycles. The van der Waals surface area contributed by atoms with Gasteiger partial charge in [-0.15, -0.1) is 0 Å². The maximum absolute atomic E-state index is 6.04. The first-order chi connectivity index (χ1) is 8.15. The number of hydrogen-bond acceptors (Lipinski definition) is 2. The van der Waals surface area contributed by atoms with Gasteiger partial charge in [0.1, 0.15) is 5.82 Å². The Morgan fingerprint density at radius 3 is 2.53 bits per heavy atom. The second-order valence-corrected chi connectivity index (χ2v) is 5.22. The zero-order valence-electron chi connectivity index (χ0n) is 8.75. The average Bonchev–Trinajstić information content (AvgIpc) is 2.30. The van der Waals surface area contributed by atoms with Gasteiger partial charge in [0, 0.05) is 22.2 Å². The zero-order chi connectivity index (χ0) is 12.3. The number of nitrogens with zero attached hydrogens (tertiary/aromatic N) is 1. The van der Waals surface area contributed by atoms with Gasteiger partial charge in [-0.05, 0) is 39.7 Å². The van der Waals surface area contributed by atoms with Crippen LogP contribution in [0.25, 0.3) is 0 Å². The van der Waals surface area contributed by atoms with E-state index >= 15 is 0 Å².